The van der Waals surface area contributed by atoms with E-state index >= 15 is 0 Å². The first kappa shape index (κ1) is 19.4. The molecule has 113 valence electrons. The van der Waals surface area contributed by atoms with Crippen LogP contribution >= 0.6 is 9.90 Å². The van der Waals surface area contributed by atoms with Gasteiger partial charge >= 0.3 is 12.4 Å². The van der Waals surface area contributed by atoms with Crippen molar-refractivity contribution < 1.29 is 26.3 Å². The molecule has 0 bridgehead atoms. The van der Waals surface area contributed by atoms with Crippen LogP contribution in [-0.2, 0) is 12.4 Å². The van der Waals surface area contributed by atoms with Gasteiger partial charge in [0.1, 0.15) is 0 Å². The molecule has 0 fully saturated rings. The zero-order valence-corrected chi connectivity index (χ0v) is 11.4. The zero-order valence-electron chi connectivity index (χ0n) is 10.5. The molecule has 2 rings (SSSR count). The van der Waals surface area contributed by atoms with Crippen molar-refractivity contribution in [2.45, 2.75) is 12.4 Å². The fourth-order valence-electron chi connectivity index (χ4n) is 1.25. The van der Waals surface area contributed by atoms with Gasteiger partial charge in [0.2, 0.25) is 0 Å². The molecule has 0 spiro atoms. The molecule has 0 saturated heterocycles. The molecule has 0 saturated carbocycles. The molecular weight excluding hydrogens is 313 g/mol. The zero-order chi connectivity index (χ0) is 15.2. The lowest BCUT2D eigenvalue weighted by molar-refractivity contribution is -0.138. The third-order valence-electron chi connectivity index (χ3n) is 2.20. The lowest BCUT2D eigenvalue weighted by atomic mass is 10.2. The van der Waals surface area contributed by atoms with Crippen LogP contribution in [0.25, 0.3) is 0 Å². The molecule has 0 aromatic heterocycles. The molecule has 0 unspecified atom stereocenters. The van der Waals surface area contributed by atoms with Crippen LogP contribution in [0.5, 0.6) is 0 Å². The van der Waals surface area contributed by atoms with Crippen LogP contribution in [0.1, 0.15) is 11.1 Å². The minimum absolute atomic E-state index is 0. The summed E-state index contributed by atoms with van der Waals surface area (Å²) >= 11 is 0. The Morgan fingerprint density at radius 2 is 0.714 bits per heavy atom. The Hall–Kier alpha value is -1.55. The Kier molecular flexibility index (Phi) is 7.44. The molecule has 3 radical (unpaired) electrons. The van der Waals surface area contributed by atoms with Crippen LogP contribution in [0.4, 0.5) is 26.3 Å². The predicted octanol–water partition coefficient (Wildman–Crippen LogP) is 6.27. The maximum atomic E-state index is 11.8. The SMILES string of the molecule is FC(F)(F)c1ccccc1.FC(F)(F)c1ccccc1.[P]. The highest BCUT2D eigenvalue weighted by Crippen LogP contribution is 2.28. The molecule has 0 aliphatic heterocycles. The Morgan fingerprint density at radius 1 is 0.476 bits per heavy atom. The molecule has 0 nitrogen and oxygen atoms in total. The van der Waals surface area contributed by atoms with Gasteiger partial charge < -0.3 is 0 Å². The summed E-state index contributed by atoms with van der Waals surface area (Å²) in [4.78, 5) is 0. The molecule has 2 aromatic rings. The Labute approximate surface area is 121 Å². The normalized spacial score (nSPS) is 11.0. The van der Waals surface area contributed by atoms with Crippen LogP contribution < -0.4 is 0 Å². The van der Waals surface area contributed by atoms with E-state index in [0.717, 1.165) is 24.3 Å². The van der Waals surface area contributed by atoms with Gasteiger partial charge in [-0.2, -0.15) is 26.3 Å². The molecule has 21 heavy (non-hydrogen) atoms. The van der Waals surface area contributed by atoms with E-state index in [4.69, 9.17) is 0 Å². The molecule has 0 aliphatic rings. The van der Waals surface area contributed by atoms with Crippen LogP contribution in [0, 0.1) is 0 Å². The first-order valence-electron chi connectivity index (χ1n) is 5.46. The number of alkyl halides is 6. The largest absolute Gasteiger partial charge is 0.416 e. The highest BCUT2D eigenvalue weighted by Gasteiger charge is 2.30. The van der Waals surface area contributed by atoms with Crippen molar-refractivity contribution in [1.82, 2.24) is 0 Å². The van der Waals surface area contributed by atoms with Gasteiger partial charge in [0.15, 0.2) is 0 Å². The van der Waals surface area contributed by atoms with Crippen LogP contribution in [0.2, 0.25) is 0 Å². The lowest BCUT2D eigenvalue weighted by Crippen LogP contribution is -2.03. The third kappa shape index (κ3) is 7.14. The van der Waals surface area contributed by atoms with Crippen molar-refractivity contribution in [1.29, 1.82) is 0 Å². The molecule has 0 atom stereocenters. The number of rotatable bonds is 0. The molecule has 7 heteroatoms. The Balaban J connectivity index is 0.000000364. The average molecular weight is 323 g/mol. The fraction of sp³-hybridized carbons (Fsp3) is 0.143. The van der Waals surface area contributed by atoms with E-state index in [1.54, 1.807) is 12.1 Å². The summed E-state index contributed by atoms with van der Waals surface area (Å²) in [5.41, 5.74) is -1.20. The molecule has 2 aromatic carbocycles. The van der Waals surface area contributed by atoms with Gasteiger partial charge in [-0.15, -0.1) is 0 Å². The van der Waals surface area contributed by atoms with Crippen LogP contribution in [0.15, 0.2) is 60.7 Å². The second-order valence-corrected chi connectivity index (χ2v) is 3.73. The third-order valence-corrected chi connectivity index (χ3v) is 2.20. The van der Waals surface area contributed by atoms with Crippen molar-refractivity contribution >= 4 is 9.90 Å². The molecule has 0 heterocycles. The van der Waals surface area contributed by atoms with E-state index in [0.29, 0.717) is 0 Å². The summed E-state index contributed by atoms with van der Waals surface area (Å²) in [6, 6.07) is 12.7. The van der Waals surface area contributed by atoms with Gasteiger partial charge in [0.05, 0.1) is 11.1 Å². The fourth-order valence-corrected chi connectivity index (χ4v) is 1.25. The van der Waals surface area contributed by atoms with Crippen molar-refractivity contribution in [2.24, 2.45) is 0 Å². The van der Waals surface area contributed by atoms with Gasteiger partial charge in [-0.1, -0.05) is 60.7 Å². The van der Waals surface area contributed by atoms with Crippen molar-refractivity contribution in [2.75, 3.05) is 0 Å². The summed E-state index contributed by atoms with van der Waals surface area (Å²) in [5, 5.41) is 0. The van der Waals surface area contributed by atoms with E-state index in [-0.39, 0.29) is 9.90 Å². The van der Waals surface area contributed by atoms with Crippen LogP contribution in [-0.4, -0.2) is 0 Å². The molecular formula is C14H10F6P. The summed E-state index contributed by atoms with van der Waals surface area (Å²) in [7, 11) is 0. The standard InChI is InChI=1S/2C7H5F3.P/c2*8-7(9,10)6-4-2-1-3-5-6;/h2*1-5H;. The summed E-state index contributed by atoms with van der Waals surface area (Å²) < 4.78 is 70.7. The van der Waals surface area contributed by atoms with E-state index in [2.05, 4.69) is 0 Å². The monoisotopic (exact) mass is 323 g/mol. The predicted molar refractivity (Wildman–Crippen MR) is 69.8 cm³/mol. The maximum Gasteiger partial charge on any atom is 0.416 e. The second-order valence-electron chi connectivity index (χ2n) is 3.73. The summed E-state index contributed by atoms with van der Waals surface area (Å²) in [6.45, 7) is 0. The first-order valence-corrected chi connectivity index (χ1v) is 5.46. The van der Waals surface area contributed by atoms with Crippen molar-refractivity contribution in [3.63, 3.8) is 0 Å². The quantitative estimate of drug-likeness (QED) is 0.396. The molecule has 0 amide bonds. The topological polar surface area (TPSA) is 0 Å². The number of hydrogen-bond acceptors (Lipinski definition) is 0. The number of benzene rings is 2. The van der Waals surface area contributed by atoms with E-state index in [1.807, 2.05) is 0 Å². The van der Waals surface area contributed by atoms with Gasteiger partial charge in [-0.3, -0.25) is 0 Å². The number of hydrogen-bond donors (Lipinski definition) is 0. The molecule has 0 N–H and O–H groups in total. The van der Waals surface area contributed by atoms with E-state index in [1.165, 1.54) is 24.3 Å². The van der Waals surface area contributed by atoms with Gasteiger partial charge in [0.25, 0.3) is 0 Å². The van der Waals surface area contributed by atoms with Gasteiger partial charge in [-0.05, 0) is 0 Å². The average Bonchev–Trinajstić information content (AvgIpc) is 2.40. The lowest BCUT2D eigenvalue weighted by Gasteiger charge is -2.03. The minimum Gasteiger partial charge on any atom is -0.166 e. The highest BCUT2D eigenvalue weighted by molar-refractivity contribution is 6.92. The van der Waals surface area contributed by atoms with Crippen LogP contribution in [0.3, 0.4) is 0 Å². The summed E-state index contributed by atoms with van der Waals surface area (Å²) in [6.07, 6.45) is -8.41. The second kappa shape index (κ2) is 8.03. The smallest absolute Gasteiger partial charge is 0.166 e. The van der Waals surface area contributed by atoms with Crippen molar-refractivity contribution in [3.05, 3.63) is 71.8 Å². The number of halogens is 6. The van der Waals surface area contributed by atoms with E-state index in [9.17, 15) is 26.3 Å². The van der Waals surface area contributed by atoms with Gasteiger partial charge in [0, 0.05) is 9.90 Å². The Morgan fingerprint density at radius 3 is 0.857 bits per heavy atom. The minimum atomic E-state index is -4.21. The van der Waals surface area contributed by atoms with Crippen molar-refractivity contribution in [3.8, 4) is 0 Å². The Bertz CT molecular complexity index is 455. The van der Waals surface area contributed by atoms with E-state index < -0.39 is 23.5 Å². The maximum absolute atomic E-state index is 11.8. The first-order chi connectivity index (χ1) is 9.21. The molecule has 0 aliphatic carbocycles. The summed E-state index contributed by atoms with van der Waals surface area (Å²) in [5.74, 6) is 0. The van der Waals surface area contributed by atoms with Gasteiger partial charge in [-0.25, -0.2) is 0 Å². The highest BCUT2D eigenvalue weighted by atomic mass is 31.0.